The van der Waals surface area contributed by atoms with Crippen LogP contribution in [0.2, 0.25) is 0 Å². The fourth-order valence-corrected chi connectivity index (χ4v) is 2.95. The highest BCUT2D eigenvalue weighted by atomic mass is 16.6. The van der Waals surface area contributed by atoms with Crippen LogP contribution in [0.4, 0.5) is 4.79 Å². The topological polar surface area (TPSA) is 80.2 Å². The molecule has 0 radical (unpaired) electrons. The van der Waals surface area contributed by atoms with E-state index in [4.69, 9.17) is 9.57 Å². The Labute approximate surface area is 140 Å². The second-order valence-electron chi connectivity index (χ2n) is 5.94. The molecular formula is C17H21N3O4. The van der Waals surface area contributed by atoms with Gasteiger partial charge in [0, 0.05) is 25.6 Å². The van der Waals surface area contributed by atoms with Crippen molar-refractivity contribution < 1.29 is 19.2 Å². The lowest BCUT2D eigenvalue weighted by atomic mass is 10.0. The second kappa shape index (κ2) is 7.33. The van der Waals surface area contributed by atoms with Gasteiger partial charge in [-0.3, -0.25) is 4.79 Å². The molecule has 2 aliphatic rings. The van der Waals surface area contributed by atoms with Crippen molar-refractivity contribution in [1.82, 2.24) is 10.2 Å². The van der Waals surface area contributed by atoms with E-state index in [1.54, 1.807) is 4.90 Å². The summed E-state index contributed by atoms with van der Waals surface area (Å²) >= 11 is 0. The smallest absolute Gasteiger partial charge is 0.409 e. The number of nitrogens with one attached hydrogen (secondary N) is 1. The van der Waals surface area contributed by atoms with Crippen molar-refractivity contribution in [1.29, 1.82) is 0 Å². The third-order valence-corrected chi connectivity index (χ3v) is 4.34. The fourth-order valence-electron chi connectivity index (χ4n) is 2.95. The molecule has 3 rings (SSSR count). The predicted octanol–water partition coefficient (Wildman–Crippen LogP) is 1.53. The van der Waals surface area contributed by atoms with E-state index in [2.05, 4.69) is 10.5 Å². The van der Waals surface area contributed by atoms with Gasteiger partial charge in [-0.2, -0.15) is 0 Å². The van der Waals surface area contributed by atoms with E-state index in [-0.39, 0.29) is 18.0 Å². The molecule has 1 N–H and O–H groups in total. The maximum Gasteiger partial charge on any atom is 0.409 e. The van der Waals surface area contributed by atoms with Crippen LogP contribution in [0.5, 0.6) is 0 Å². The number of oxime groups is 1. The molecule has 1 unspecified atom stereocenters. The lowest BCUT2D eigenvalue weighted by Gasteiger charge is -2.31. The number of piperidine rings is 1. The Morgan fingerprint density at radius 1 is 1.25 bits per heavy atom. The minimum absolute atomic E-state index is 0.0442. The summed E-state index contributed by atoms with van der Waals surface area (Å²) in [6.45, 7) is 1.16. The Balaban J connectivity index is 1.47. The number of amides is 2. The fraction of sp³-hybridized carbons (Fsp3) is 0.471. The summed E-state index contributed by atoms with van der Waals surface area (Å²) < 4.78 is 4.71. The number of nitrogens with zero attached hydrogens (tertiary/aromatic N) is 2. The molecule has 1 atom stereocenters. The Morgan fingerprint density at radius 3 is 2.62 bits per heavy atom. The van der Waals surface area contributed by atoms with Gasteiger partial charge in [0.2, 0.25) is 6.10 Å². The number of carbonyl (C=O) groups excluding carboxylic acids is 2. The molecule has 0 aliphatic carbocycles. The Morgan fingerprint density at radius 2 is 1.96 bits per heavy atom. The maximum atomic E-state index is 12.3. The summed E-state index contributed by atoms with van der Waals surface area (Å²) in [6, 6.07) is 9.74. The van der Waals surface area contributed by atoms with E-state index in [1.165, 1.54) is 7.11 Å². The molecule has 2 heterocycles. The van der Waals surface area contributed by atoms with Gasteiger partial charge in [0.1, 0.15) is 0 Å². The summed E-state index contributed by atoms with van der Waals surface area (Å²) in [5.74, 6) is -0.152. The van der Waals surface area contributed by atoms with Crippen LogP contribution in [0.3, 0.4) is 0 Å². The molecule has 1 aromatic carbocycles. The van der Waals surface area contributed by atoms with Crippen molar-refractivity contribution in [2.75, 3.05) is 20.2 Å². The number of rotatable bonds is 3. The molecule has 2 amide bonds. The molecular weight excluding hydrogens is 310 g/mol. The summed E-state index contributed by atoms with van der Waals surface area (Å²) in [6.07, 6.45) is 0.982. The van der Waals surface area contributed by atoms with Crippen molar-refractivity contribution in [2.24, 2.45) is 5.16 Å². The standard InChI is InChI=1S/C17H21N3O4/c1-23-17(22)20-9-7-13(8-10-20)18-16(21)15-11-14(19-24-15)12-5-3-2-4-6-12/h2-6,13,15H,7-11H2,1H3,(H,18,21). The molecule has 0 spiro atoms. The van der Waals surface area contributed by atoms with Crippen LogP contribution < -0.4 is 5.32 Å². The quantitative estimate of drug-likeness (QED) is 0.911. The zero-order chi connectivity index (χ0) is 16.9. The number of hydrogen-bond donors (Lipinski definition) is 1. The van der Waals surface area contributed by atoms with Crippen molar-refractivity contribution >= 4 is 17.7 Å². The average Bonchev–Trinajstić information content (AvgIpc) is 3.13. The van der Waals surface area contributed by atoms with Crippen molar-refractivity contribution in [3.05, 3.63) is 35.9 Å². The van der Waals surface area contributed by atoms with E-state index in [9.17, 15) is 9.59 Å². The Bertz CT molecular complexity index is 624. The highest BCUT2D eigenvalue weighted by molar-refractivity contribution is 6.04. The molecule has 2 aliphatic heterocycles. The maximum absolute atomic E-state index is 12.3. The third kappa shape index (κ3) is 3.67. The first-order chi connectivity index (χ1) is 11.7. The number of likely N-dealkylation sites (tertiary alicyclic amines) is 1. The van der Waals surface area contributed by atoms with Crippen LogP contribution in [-0.2, 0) is 14.4 Å². The van der Waals surface area contributed by atoms with Gasteiger partial charge in [0.05, 0.1) is 12.8 Å². The van der Waals surface area contributed by atoms with Gasteiger partial charge in [0.15, 0.2) is 0 Å². The predicted molar refractivity (Wildman–Crippen MR) is 87.6 cm³/mol. The zero-order valence-corrected chi connectivity index (χ0v) is 13.6. The number of ether oxygens (including phenoxy) is 1. The molecule has 0 bridgehead atoms. The Kier molecular flexibility index (Phi) is 4.98. The first-order valence-corrected chi connectivity index (χ1v) is 8.08. The van der Waals surface area contributed by atoms with Crippen LogP contribution in [0.15, 0.2) is 35.5 Å². The largest absolute Gasteiger partial charge is 0.453 e. The van der Waals surface area contributed by atoms with Gasteiger partial charge in [-0.05, 0) is 18.4 Å². The normalized spacial score (nSPS) is 21.0. The van der Waals surface area contributed by atoms with Gasteiger partial charge < -0.3 is 19.8 Å². The second-order valence-corrected chi connectivity index (χ2v) is 5.94. The number of carbonyl (C=O) groups is 2. The zero-order valence-electron chi connectivity index (χ0n) is 13.6. The van der Waals surface area contributed by atoms with Crippen LogP contribution in [0, 0.1) is 0 Å². The summed E-state index contributed by atoms with van der Waals surface area (Å²) in [7, 11) is 1.37. The molecule has 0 aromatic heterocycles. The number of hydrogen-bond acceptors (Lipinski definition) is 5. The van der Waals surface area contributed by atoms with Crippen LogP contribution in [-0.4, -0.2) is 55.0 Å². The SMILES string of the molecule is COC(=O)N1CCC(NC(=O)C2CC(c3ccccc3)=NO2)CC1. The monoisotopic (exact) mass is 331 g/mol. The lowest BCUT2D eigenvalue weighted by Crippen LogP contribution is -2.48. The van der Waals surface area contributed by atoms with Gasteiger partial charge in [-0.1, -0.05) is 35.5 Å². The summed E-state index contributed by atoms with van der Waals surface area (Å²) in [4.78, 5) is 30.7. The van der Waals surface area contributed by atoms with Gasteiger partial charge >= 0.3 is 6.09 Å². The van der Waals surface area contributed by atoms with Crippen molar-refractivity contribution in [3.8, 4) is 0 Å². The molecule has 1 saturated heterocycles. The minimum atomic E-state index is -0.584. The molecule has 0 saturated carbocycles. The first kappa shape index (κ1) is 16.3. The average molecular weight is 331 g/mol. The van der Waals surface area contributed by atoms with Crippen LogP contribution in [0.1, 0.15) is 24.8 Å². The van der Waals surface area contributed by atoms with Gasteiger partial charge in [-0.15, -0.1) is 0 Å². The summed E-state index contributed by atoms with van der Waals surface area (Å²) in [5, 5.41) is 7.03. The first-order valence-electron chi connectivity index (χ1n) is 8.08. The van der Waals surface area contributed by atoms with Gasteiger partial charge in [0.25, 0.3) is 5.91 Å². The van der Waals surface area contributed by atoms with E-state index >= 15 is 0 Å². The third-order valence-electron chi connectivity index (χ3n) is 4.34. The lowest BCUT2D eigenvalue weighted by molar-refractivity contribution is -0.132. The Hall–Kier alpha value is -2.57. The van der Waals surface area contributed by atoms with E-state index in [1.807, 2.05) is 30.3 Å². The van der Waals surface area contributed by atoms with Crippen molar-refractivity contribution in [2.45, 2.75) is 31.4 Å². The minimum Gasteiger partial charge on any atom is -0.453 e. The molecule has 1 aromatic rings. The summed E-state index contributed by atoms with van der Waals surface area (Å²) in [5.41, 5.74) is 1.76. The van der Waals surface area contributed by atoms with Gasteiger partial charge in [-0.25, -0.2) is 4.79 Å². The molecule has 1 fully saturated rings. The highest BCUT2D eigenvalue weighted by Crippen LogP contribution is 2.18. The van der Waals surface area contributed by atoms with E-state index in [0.717, 1.165) is 11.3 Å². The molecule has 7 heteroatoms. The highest BCUT2D eigenvalue weighted by Gasteiger charge is 2.31. The van der Waals surface area contributed by atoms with E-state index < -0.39 is 6.10 Å². The number of benzene rings is 1. The van der Waals surface area contributed by atoms with E-state index in [0.29, 0.717) is 32.4 Å². The van der Waals surface area contributed by atoms with Crippen LogP contribution in [0.25, 0.3) is 0 Å². The molecule has 7 nitrogen and oxygen atoms in total. The number of methoxy groups -OCH3 is 1. The van der Waals surface area contributed by atoms with Crippen molar-refractivity contribution in [3.63, 3.8) is 0 Å². The van der Waals surface area contributed by atoms with Crippen LogP contribution >= 0.6 is 0 Å². The molecule has 128 valence electrons. The molecule has 24 heavy (non-hydrogen) atoms.